The molecule has 0 saturated heterocycles. The normalized spacial score (nSPS) is 14.3. The van der Waals surface area contributed by atoms with Gasteiger partial charge in [0.05, 0.1) is 19.1 Å². The summed E-state index contributed by atoms with van der Waals surface area (Å²) in [5, 5.41) is 0.258. The van der Waals surface area contributed by atoms with Gasteiger partial charge in [-0.2, -0.15) is 16.8 Å². The van der Waals surface area contributed by atoms with Crippen molar-refractivity contribution in [1.29, 1.82) is 0 Å². The third kappa shape index (κ3) is 6.35. The van der Waals surface area contributed by atoms with Gasteiger partial charge in [-0.3, -0.25) is 8.37 Å². The van der Waals surface area contributed by atoms with Gasteiger partial charge in [-0.15, -0.1) is 0 Å². The number of benzene rings is 1. The fraction of sp³-hybridized carbons (Fsp3) is 0.400. The molecule has 6 nitrogen and oxygen atoms in total. The van der Waals surface area contributed by atoms with Gasteiger partial charge in [-0.25, -0.2) is 0 Å². The van der Waals surface area contributed by atoms with Crippen LogP contribution in [-0.4, -0.2) is 36.0 Å². The molecule has 1 rings (SSSR count). The van der Waals surface area contributed by atoms with E-state index in [1.807, 2.05) is 0 Å². The maximum absolute atomic E-state index is 11.2. The maximum Gasteiger partial charge on any atom is 0.265 e. The van der Waals surface area contributed by atoms with Crippen LogP contribution in [0.15, 0.2) is 24.3 Å². The Morgan fingerprint density at radius 1 is 1.11 bits per heavy atom. The molecule has 19 heavy (non-hydrogen) atoms. The van der Waals surface area contributed by atoms with Crippen molar-refractivity contribution in [2.75, 3.05) is 19.1 Å². The quantitative estimate of drug-likeness (QED) is 0.732. The molecule has 0 aliphatic rings. The predicted octanol–water partition coefficient (Wildman–Crippen LogP) is 1.33. The van der Waals surface area contributed by atoms with Gasteiger partial charge in [0.15, 0.2) is 0 Å². The molecule has 0 aliphatic heterocycles. The van der Waals surface area contributed by atoms with Crippen LogP contribution in [0.1, 0.15) is 11.7 Å². The van der Waals surface area contributed by atoms with Crippen molar-refractivity contribution < 1.29 is 25.2 Å². The third-order valence-corrected chi connectivity index (χ3v) is 3.47. The lowest BCUT2D eigenvalue weighted by Crippen LogP contribution is -2.18. The van der Waals surface area contributed by atoms with Crippen molar-refractivity contribution >= 4 is 31.8 Å². The summed E-state index contributed by atoms with van der Waals surface area (Å²) in [5.41, 5.74) is 0.332. The topological polar surface area (TPSA) is 86.7 Å². The van der Waals surface area contributed by atoms with Gasteiger partial charge in [-0.05, 0) is 6.07 Å². The first kappa shape index (κ1) is 16.4. The summed E-state index contributed by atoms with van der Waals surface area (Å²) in [5.74, 6) is 0. The van der Waals surface area contributed by atoms with Crippen LogP contribution in [0.25, 0.3) is 0 Å². The first-order valence-electron chi connectivity index (χ1n) is 5.05. The van der Waals surface area contributed by atoms with Crippen molar-refractivity contribution in [1.82, 2.24) is 0 Å². The largest absolute Gasteiger partial charge is 0.267 e. The van der Waals surface area contributed by atoms with Crippen molar-refractivity contribution in [3.63, 3.8) is 0 Å². The molecule has 0 amide bonds. The fourth-order valence-corrected chi connectivity index (χ4v) is 2.51. The molecule has 0 radical (unpaired) electrons. The van der Waals surface area contributed by atoms with Gasteiger partial charge >= 0.3 is 0 Å². The van der Waals surface area contributed by atoms with E-state index >= 15 is 0 Å². The molecule has 0 bridgehead atoms. The average Bonchev–Trinajstić information content (AvgIpc) is 2.22. The summed E-state index contributed by atoms with van der Waals surface area (Å²) in [4.78, 5) is 0. The van der Waals surface area contributed by atoms with E-state index < -0.39 is 32.9 Å². The molecule has 9 heteroatoms. The number of hydrogen-bond donors (Lipinski definition) is 0. The van der Waals surface area contributed by atoms with Crippen molar-refractivity contribution in [3.8, 4) is 0 Å². The second kappa shape index (κ2) is 6.19. The lowest BCUT2D eigenvalue weighted by Gasteiger charge is -2.17. The zero-order chi connectivity index (χ0) is 14.7. The Hall–Kier alpha value is -0.670. The van der Waals surface area contributed by atoms with Crippen LogP contribution in [0.4, 0.5) is 0 Å². The summed E-state index contributed by atoms with van der Waals surface area (Å²) in [6.45, 7) is -0.477. The Kier molecular flexibility index (Phi) is 5.34. The van der Waals surface area contributed by atoms with Gasteiger partial charge < -0.3 is 0 Å². The van der Waals surface area contributed by atoms with Crippen LogP contribution in [-0.2, 0) is 28.6 Å². The van der Waals surface area contributed by atoms with E-state index in [4.69, 9.17) is 15.8 Å². The Labute approximate surface area is 117 Å². The molecule has 0 saturated carbocycles. The maximum atomic E-state index is 11.2. The van der Waals surface area contributed by atoms with Crippen LogP contribution < -0.4 is 0 Å². The highest BCUT2D eigenvalue weighted by molar-refractivity contribution is 7.86. The predicted molar refractivity (Wildman–Crippen MR) is 70.9 cm³/mol. The average molecular weight is 329 g/mol. The Bertz CT molecular complexity index is 638. The van der Waals surface area contributed by atoms with E-state index in [1.54, 1.807) is 12.1 Å². The Morgan fingerprint density at radius 3 is 2.16 bits per heavy atom. The molecular formula is C10H13ClO6S2. The highest BCUT2D eigenvalue weighted by atomic mass is 35.5. The molecule has 1 aromatic rings. The van der Waals surface area contributed by atoms with Crippen LogP contribution >= 0.6 is 11.6 Å². The first-order valence-corrected chi connectivity index (χ1v) is 9.07. The molecule has 0 spiro atoms. The minimum Gasteiger partial charge on any atom is -0.267 e. The second-order valence-electron chi connectivity index (χ2n) is 3.80. The van der Waals surface area contributed by atoms with E-state index in [9.17, 15) is 16.8 Å². The van der Waals surface area contributed by atoms with Crippen LogP contribution in [0, 0.1) is 0 Å². The van der Waals surface area contributed by atoms with Crippen LogP contribution in [0.5, 0.6) is 0 Å². The van der Waals surface area contributed by atoms with Crippen LogP contribution in [0.2, 0.25) is 5.02 Å². The van der Waals surface area contributed by atoms with Gasteiger partial charge in [0.1, 0.15) is 6.10 Å². The Balaban J connectivity index is 3.03. The molecule has 0 heterocycles. The van der Waals surface area contributed by atoms with E-state index in [2.05, 4.69) is 4.18 Å². The Morgan fingerprint density at radius 2 is 1.68 bits per heavy atom. The number of hydrogen-bond acceptors (Lipinski definition) is 6. The van der Waals surface area contributed by atoms with E-state index in [0.29, 0.717) is 5.56 Å². The van der Waals surface area contributed by atoms with Crippen molar-refractivity contribution in [2.24, 2.45) is 0 Å². The summed E-state index contributed by atoms with van der Waals surface area (Å²) in [6.07, 6.45) is 0.590. The summed E-state index contributed by atoms with van der Waals surface area (Å²) >= 11 is 5.92. The van der Waals surface area contributed by atoms with Crippen molar-refractivity contribution in [2.45, 2.75) is 6.10 Å². The molecule has 0 fully saturated rings. The lowest BCUT2D eigenvalue weighted by molar-refractivity contribution is 0.141. The summed E-state index contributed by atoms with van der Waals surface area (Å²) in [7, 11) is -7.50. The summed E-state index contributed by atoms with van der Waals surface area (Å²) < 4.78 is 53.6. The minimum atomic E-state index is -3.79. The van der Waals surface area contributed by atoms with Gasteiger partial charge in [0, 0.05) is 10.6 Å². The summed E-state index contributed by atoms with van der Waals surface area (Å²) in [6, 6.07) is 6.35. The van der Waals surface area contributed by atoms with E-state index in [-0.39, 0.29) is 5.02 Å². The lowest BCUT2D eigenvalue weighted by atomic mass is 10.1. The molecule has 0 N–H and O–H groups in total. The minimum absolute atomic E-state index is 0.258. The molecule has 0 aromatic heterocycles. The van der Waals surface area contributed by atoms with Gasteiger partial charge in [0.25, 0.3) is 20.2 Å². The van der Waals surface area contributed by atoms with Crippen molar-refractivity contribution in [3.05, 3.63) is 34.9 Å². The molecule has 1 unspecified atom stereocenters. The molecule has 108 valence electrons. The standard InChI is InChI=1S/C10H13ClO6S2/c1-18(12,13)16-7-10(17-19(2,14)15)8-5-3-4-6-9(8)11/h3-6,10H,7H2,1-2H3. The number of rotatable bonds is 6. The smallest absolute Gasteiger partial charge is 0.265 e. The fourth-order valence-electron chi connectivity index (χ4n) is 1.30. The third-order valence-electron chi connectivity index (χ3n) is 1.98. The van der Waals surface area contributed by atoms with E-state index in [1.165, 1.54) is 12.1 Å². The zero-order valence-electron chi connectivity index (χ0n) is 10.2. The molecule has 1 aromatic carbocycles. The van der Waals surface area contributed by atoms with E-state index in [0.717, 1.165) is 12.5 Å². The molecule has 0 aliphatic carbocycles. The number of halogens is 1. The van der Waals surface area contributed by atoms with Gasteiger partial charge in [-0.1, -0.05) is 29.8 Å². The first-order chi connectivity index (χ1) is 8.58. The van der Waals surface area contributed by atoms with Crippen LogP contribution in [0.3, 0.4) is 0 Å². The van der Waals surface area contributed by atoms with Gasteiger partial charge in [0.2, 0.25) is 0 Å². The highest BCUT2D eigenvalue weighted by Crippen LogP contribution is 2.27. The second-order valence-corrected chi connectivity index (χ2v) is 7.45. The zero-order valence-corrected chi connectivity index (χ0v) is 12.6. The monoisotopic (exact) mass is 328 g/mol. The molecule has 1 atom stereocenters. The highest BCUT2D eigenvalue weighted by Gasteiger charge is 2.22. The molecular weight excluding hydrogens is 316 g/mol. The SMILES string of the molecule is CS(=O)(=O)OCC(OS(C)(=O)=O)c1ccccc1Cl.